The minimum absolute atomic E-state index is 0.127. The summed E-state index contributed by atoms with van der Waals surface area (Å²) in [7, 11) is 0. The Hall–Kier alpha value is -3.13. The fourth-order valence-corrected chi connectivity index (χ4v) is 3.98. The first-order chi connectivity index (χ1) is 16.1. The van der Waals surface area contributed by atoms with Crippen LogP contribution in [0.2, 0.25) is 0 Å². The molecule has 1 aromatic heterocycles. The lowest BCUT2D eigenvalue weighted by atomic mass is 10.0. The van der Waals surface area contributed by atoms with Gasteiger partial charge in [-0.1, -0.05) is 0 Å². The number of alkyl halides is 1. The van der Waals surface area contributed by atoms with E-state index in [0.29, 0.717) is 55.1 Å². The monoisotopic (exact) mass is 457 g/mol. The molecule has 1 fully saturated rings. The standard InChI is InChI=1S/C25H29F2N3O3/c1-3-31-21-13-18(14-22(15-21)32-4-2)24(27)30-11-9-20(10-12-30)28-25-29-23(16-33-25)17-5-7-19(26)8-6-17/h5-8,13-16,20,24H,3-4,9-12H2,1-2H3,(H,28,29). The number of anilines is 1. The second-order valence-electron chi connectivity index (χ2n) is 7.94. The molecule has 0 bridgehead atoms. The van der Waals surface area contributed by atoms with Crippen LogP contribution in [-0.2, 0) is 0 Å². The predicted octanol–water partition coefficient (Wildman–Crippen LogP) is 5.82. The van der Waals surface area contributed by atoms with Gasteiger partial charge >= 0.3 is 0 Å². The Bertz CT molecular complexity index is 1010. The maximum absolute atomic E-state index is 15.4. The van der Waals surface area contributed by atoms with Gasteiger partial charge in [0.05, 0.1) is 13.2 Å². The van der Waals surface area contributed by atoms with Gasteiger partial charge in [0.15, 0.2) is 6.30 Å². The highest BCUT2D eigenvalue weighted by molar-refractivity contribution is 5.59. The van der Waals surface area contributed by atoms with Crippen LogP contribution in [0.1, 0.15) is 38.5 Å². The molecule has 1 aliphatic heterocycles. The molecule has 0 spiro atoms. The fraction of sp³-hybridized carbons (Fsp3) is 0.400. The van der Waals surface area contributed by atoms with Crippen molar-refractivity contribution in [2.45, 2.75) is 39.0 Å². The van der Waals surface area contributed by atoms with Crippen LogP contribution in [0.5, 0.6) is 11.5 Å². The van der Waals surface area contributed by atoms with Crippen molar-refractivity contribution in [3.63, 3.8) is 0 Å². The zero-order valence-corrected chi connectivity index (χ0v) is 18.9. The molecule has 1 N–H and O–H groups in total. The molecule has 33 heavy (non-hydrogen) atoms. The van der Waals surface area contributed by atoms with Gasteiger partial charge in [-0.3, -0.25) is 4.90 Å². The number of hydrogen-bond donors (Lipinski definition) is 1. The lowest BCUT2D eigenvalue weighted by Gasteiger charge is -2.34. The molecule has 0 radical (unpaired) electrons. The van der Waals surface area contributed by atoms with Crippen molar-refractivity contribution in [3.05, 3.63) is 60.1 Å². The number of likely N-dealkylation sites (tertiary alicyclic amines) is 1. The molecule has 6 nitrogen and oxygen atoms in total. The summed E-state index contributed by atoms with van der Waals surface area (Å²) in [5, 5.41) is 3.29. The molecule has 4 rings (SSSR count). The molecular weight excluding hydrogens is 428 g/mol. The summed E-state index contributed by atoms with van der Waals surface area (Å²) in [4.78, 5) is 6.26. The summed E-state index contributed by atoms with van der Waals surface area (Å²) in [6.07, 6.45) is 1.80. The first-order valence-corrected chi connectivity index (χ1v) is 11.3. The van der Waals surface area contributed by atoms with Crippen molar-refractivity contribution in [3.8, 4) is 22.8 Å². The Morgan fingerprint density at radius 1 is 1.06 bits per heavy atom. The lowest BCUT2D eigenvalue weighted by Crippen LogP contribution is -2.40. The van der Waals surface area contributed by atoms with Gasteiger partial charge in [0.1, 0.15) is 29.3 Å². The number of oxazole rings is 1. The smallest absolute Gasteiger partial charge is 0.295 e. The van der Waals surface area contributed by atoms with Crippen LogP contribution in [0.25, 0.3) is 11.3 Å². The number of ether oxygens (including phenoxy) is 2. The third kappa shape index (κ3) is 5.82. The average Bonchev–Trinajstić information content (AvgIpc) is 3.28. The highest BCUT2D eigenvalue weighted by Crippen LogP contribution is 2.33. The molecule has 176 valence electrons. The molecule has 1 saturated heterocycles. The molecule has 3 aromatic rings. The summed E-state index contributed by atoms with van der Waals surface area (Å²) >= 11 is 0. The van der Waals surface area contributed by atoms with Crippen molar-refractivity contribution in [2.75, 3.05) is 31.6 Å². The van der Waals surface area contributed by atoms with Crippen molar-refractivity contribution in [2.24, 2.45) is 0 Å². The molecule has 0 amide bonds. The van der Waals surface area contributed by atoms with Crippen LogP contribution >= 0.6 is 0 Å². The van der Waals surface area contributed by atoms with Gasteiger partial charge in [-0.2, -0.15) is 4.98 Å². The van der Waals surface area contributed by atoms with Crippen LogP contribution in [0.3, 0.4) is 0 Å². The SMILES string of the molecule is CCOc1cc(OCC)cc(C(F)N2CCC(Nc3nc(-c4ccc(F)cc4)co3)CC2)c1. The molecule has 1 aliphatic rings. The zero-order valence-electron chi connectivity index (χ0n) is 18.9. The third-order valence-electron chi connectivity index (χ3n) is 5.62. The van der Waals surface area contributed by atoms with Crippen LogP contribution in [0.4, 0.5) is 14.8 Å². The van der Waals surface area contributed by atoms with E-state index in [9.17, 15) is 4.39 Å². The van der Waals surface area contributed by atoms with E-state index in [4.69, 9.17) is 13.9 Å². The summed E-state index contributed by atoms with van der Waals surface area (Å²) < 4.78 is 45.2. The largest absolute Gasteiger partial charge is 0.494 e. The topological polar surface area (TPSA) is 59.8 Å². The minimum atomic E-state index is -1.24. The Kier molecular flexibility index (Phi) is 7.44. The highest BCUT2D eigenvalue weighted by atomic mass is 19.1. The average molecular weight is 458 g/mol. The summed E-state index contributed by atoms with van der Waals surface area (Å²) in [5.74, 6) is 0.925. The quantitative estimate of drug-likeness (QED) is 0.409. The van der Waals surface area contributed by atoms with Crippen molar-refractivity contribution >= 4 is 6.01 Å². The van der Waals surface area contributed by atoms with E-state index < -0.39 is 6.30 Å². The molecule has 2 aromatic carbocycles. The lowest BCUT2D eigenvalue weighted by molar-refractivity contribution is 0.0597. The van der Waals surface area contributed by atoms with E-state index in [1.807, 2.05) is 18.7 Å². The number of piperidine rings is 1. The van der Waals surface area contributed by atoms with Crippen molar-refractivity contribution in [1.82, 2.24) is 9.88 Å². The number of hydrogen-bond acceptors (Lipinski definition) is 6. The Morgan fingerprint density at radius 2 is 1.70 bits per heavy atom. The number of aromatic nitrogens is 1. The van der Waals surface area contributed by atoms with Crippen LogP contribution in [0, 0.1) is 5.82 Å². The third-order valence-corrected chi connectivity index (χ3v) is 5.62. The van der Waals surface area contributed by atoms with Gasteiger partial charge < -0.3 is 19.2 Å². The van der Waals surface area contributed by atoms with E-state index >= 15 is 4.39 Å². The van der Waals surface area contributed by atoms with E-state index in [1.165, 1.54) is 12.1 Å². The maximum Gasteiger partial charge on any atom is 0.295 e. The van der Waals surface area contributed by atoms with Gasteiger partial charge in [-0.15, -0.1) is 0 Å². The predicted molar refractivity (Wildman–Crippen MR) is 123 cm³/mol. The second kappa shape index (κ2) is 10.7. The second-order valence-corrected chi connectivity index (χ2v) is 7.94. The van der Waals surface area contributed by atoms with Crippen LogP contribution in [-0.4, -0.2) is 42.2 Å². The summed E-state index contributed by atoms with van der Waals surface area (Å²) in [5.41, 5.74) is 1.95. The van der Waals surface area contributed by atoms with Gasteiger partial charge in [0, 0.05) is 36.3 Å². The van der Waals surface area contributed by atoms with E-state index in [2.05, 4.69) is 10.3 Å². The van der Waals surface area contributed by atoms with Gasteiger partial charge in [-0.05, 0) is 63.1 Å². The summed E-state index contributed by atoms with van der Waals surface area (Å²) in [6, 6.07) is 11.9. The molecule has 8 heteroatoms. The first-order valence-electron chi connectivity index (χ1n) is 11.3. The summed E-state index contributed by atoms with van der Waals surface area (Å²) in [6.45, 7) is 5.99. The van der Waals surface area contributed by atoms with Crippen LogP contribution < -0.4 is 14.8 Å². The van der Waals surface area contributed by atoms with E-state index in [-0.39, 0.29) is 11.9 Å². The van der Waals surface area contributed by atoms with Crippen LogP contribution in [0.15, 0.2) is 53.1 Å². The zero-order chi connectivity index (χ0) is 23.2. The number of rotatable bonds is 9. The van der Waals surface area contributed by atoms with Gasteiger partial charge in [0.2, 0.25) is 0 Å². The van der Waals surface area contributed by atoms with Crippen molar-refractivity contribution < 1.29 is 22.7 Å². The number of benzene rings is 2. The first kappa shape index (κ1) is 23.0. The Morgan fingerprint density at radius 3 is 2.30 bits per heavy atom. The molecule has 0 aliphatic carbocycles. The van der Waals surface area contributed by atoms with Crippen molar-refractivity contribution in [1.29, 1.82) is 0 Å². The number of nitrogens with zero attached hydrogens (tertiary/aromatic N) is 2. The normalized spacial score (nSPS) is 15.9. The van der Waals surface area contributed by atoms with Gasteiger partial charge in [-0.25, -0.2) is 8.78 Å². The molecule has 2 heterocycles. The number of nitrogens with one attached hydrogen (secondary N) is 1. The fourth-order valence-electron chi connectivity index (χ4n) is 3.98. The van der Waals surface area contributed by atoms with Gasteiger partial charge in [0.25, 0.3) is 6.01 Å². The Balaban J connectivity index is 1.35. The molecule has 1 atom stereocenters. The molecule has 1 unspecified atom stereocenters. The maximum atomic E-state index is 15.4. The number of halogens is 2. The highest BCUT2D eigenvalue weighted by Gasteiger charge is 2.27. The molecular formula is C25H29F2N3O3. The molecule has 0 saturated carbocycles. The van der Waals surface area contributed by atoms with E-state index in [0.717, 1.165) is 18.4 Å². The minimum Gasteiger partial charge on any atom is -0.494 e. The Labute approximate surface area is 192 Å². The van der Waals surface area contributed by atoms with E-state index in [1.54, 1.807) is 36.6 Å².